The number of anilines is 1. The molecule has 0 aliphatic carbocycles. The van der Waals surface area contributed by atoms with Gasteiger partial charge in [-0.25, -0.2) is 4.39 Å². The number of halogens is 4. The first kappa shape index (κ1) is 14.3. The van der Waals surface area contributed by atoms with Crippen molar-refractivity contribution in [2.24, 2.45) is 0 Å². The van der Waals surface area contributed by atoms with Crippen molar-refractivity contribution in [3.63, 3.8) is 0 Å². The quantitative estimate of drug-likeness (QED) is 0.824. The average molecular weight is 321 g/mol. The topological polar surface area (TPSA) is 32.3 Å². The summed E-state index contributed by atoms with van der Waals surface area (Å²) in [6, 6.07) is 7.16. The van der Waals surface area contributed by atoms with E-state index in [1.165, 1.54) is 24.3 Å². The minimum Gasteiger partial charge on any atom is -0.506 e. The molecular weight excluding hydrogens is 312 g/mol. The molecule has 0 fully saturated rings. The molecule has 0 bridgehead atoms. The molecule has 2 rings (SSSR count). The Bertz CT molecular complexity index is 619. The lowest BCUT2D eigenvalue weighted by molar-refractivity contribution is 0.469. The second-order valence-electron chi connectivity index (χ2n) is 3.87. The molecule has 100 valence electrons. The molecule has 2 N–H and O–H groups in total. The van der Waals surface area contributed by atoms with Gasteiger partial charge in [0.05, 0.1) is 10.7 Å². The van der Waals surface area contributed by atoms with Crippen LogP contribution < -0.4 is 5.32 Å². The van der Waals surface area contributed by atoms with Gasteiger partial charge in [0.2, 0.25) is 0 Å². The SMILES string of the molecule is Oc1c(Cl)cc(Cl)cc1CNc1cc(Cl)ccc1F. The van der Waals surface area contributed by atoms with Crippen LogP contribution in [0.15, 0.2) is 30.3 Å². The number of nitrogens with one attached hydrogen (secondary N) is 1. The highest BCUT2D eigenvalue weighted by Crippen LogP contribution is 2.32. The summed E-state index contributed by atoms with van der Waals surface area (Å²) in [5, 5.41) is 13.6. The first-order valence-electron chi connectivity index (χ1n) is 5.33. The van der Waals surface area contributed by atoms with Crippen LogP contribution in [0.4, 0.5) is 10.1 Å². The number of benzene rings is 2. The molecule has 0 aromatic heterocycles. The Labute approximate surface area is 124 Å². The zero-order valence-electron chi connectivity index (χ0n) is 9.55. The number of hydrogen-bond acceptors (Lipinski definition) is 2. The van der Waals surface area contributed by atoms with Crippen molar-refractivity contribution in [3.05, 3.63) is 56.8 Å². The number of aromatic hydroxyl groups is 1. The molecule has 0 aliphatic rings. The molecule has 2 aromatic carbocycles. The van der Waals surface area contributed by atoms with Crippen LogP contribution in [0.3, 0.4) is 0 Å². The van der Waals surface area contributed by atoms with E-state index in [-0.39, 0.29) is 23.0 Å². The highest BCUT2D eigenvalue weighted by molar-refractivity contribution is 6.35. The van der Waals surface area contributed by atoms with Crippen LogP contribution in [-0.2, 0) is 6.54 Å². The Morgan fingerprint density at radius 1 is 1.05 bits per heavy atom. The van der Waals surface area contributed by atoms with Gasteiger partial charge in [0.25, 0.3) is 0 Å². The Hall–Kier alpha value is -1.16. The molecular formula is C13H9Cl3FNO. The highest BCUT2D eigenvalue weighted by atomic mass is 35.5. The highest BCUT2D eigenvalue weighted by Gasteiger charge is 2.09. The molecule has 0 spiro atoms. The fraction of sp³-hybridized carbons (Fsp3) is 0.0769. The predicted molar refractivity (Wildman–Crippen MR) is 76.9 cm³/mol. The van der Waals surface area contributed by atoms with Crippen molar-refractivity contribution in [2.45, 2.75) is 6.54 Å². The summed E-state index contributed by atoms with van der Waals surface area (Å²) in [4.78, 5) is 0. The van der Waals surface area contributed by atoms with Gasteiger partial charge in [-0.05, 0) is 30.3 Å². The van der Waals surface area contributed by atoms with E-state index in [0.29, 0.717) is 15.6 Å². The Balaban J connectivity index is 2.21. The van der Waals surface area contributed by atoms with Crippen LogP contribution >= 0.6 is 34.8 Å². The Morgan fingerprint density at radius 3 is 2.53 bits per heavy atom. The Morgan fingerprint density at radius 2 is 1.79 bits per heavy atom. The van der Waals surface area contributed by atoms with Crippen LogP contribution in [-0.4, -0.2) is 5.11 Å². The summed E-state index contributed by atoms with van der Waals surface area (Å²) >= 11 is 17.4. The summed E-state index contributed by atoms with van der Waals surface area (Å²) in [7, 11) is 0. The molecule has 6 heteroatoms. The van der Waals surface area contributed by atoms with E-state index in [4.69, 9.17) is 34.8 Å². The number of phenols is 1. The number of phenolic OH excluding ortho intramolecular Hbond substituents is 1. The van der Waals surface area contributed by atoms with Gasteiger partial charge < -0.3 is 10.4 Å². The third-order valence-electron chi connectivity index (χ3n) is 2.50. The van der Waals surface area contributed by atoms with Crippen LogP contribution in [0.5, 0.6) is 5.75 Å². The van der Waals surface area contributed by atoms with Crippen molar-refractivity contribution < 1.29 is 9.50 Å². The van der Waals surface area contributed by atoms with E-state index < -0.39 is 5.82 Å². The standard InChI is InChI=1S/C13H9Cl3FNO/c14-8-1-2-11(17)12(5-8)18-6-7-3-9(15)4-10(16)13(7)19/h1-5,18-19H,6H2. The zero-order valence-corrected chi connectivity index (χ0v) is 11.8. The van der Waals surface area contributed by atoms with Crippen molar-refractivity contribution in [1.29, 1.82) is 0 Å². The van der Waals surface area contributed by atoms with Gasteiger partial charge in [-0.3, -0.25) is 0 Å². The average Bonchev–Trinajstić information content (AvgIpc) is 2.35. The van der Waals surface area contributed by atoms with E-state index in [1.54, 1.807) is 6.07 Å². The molecule has 0 heterocycles. The largest absolute Gasteiger partial charge is 0.506 e. The van der Waals surface area contributed by atoms with Crippen LogP contribution in [0.25, 0.3) is 0 Å². The molecule has 0 saturated heterocycles. The van der Waals surface area contributed by atoms with E-state index >= 15 is 0 Å². The molecule has 0 saturated carbocycles. The van der Waals surface area contributed by atoms with E-state index in [2.05, 4.69) is 5.32 Å². The fourth-order valence-corrected chi connectivity index (χ4v) is 2.29. The normalized spacial score (nSPS) is 10.5. The van der Waals surface area contributed by atoms with E-state index in [9.17, 15) is 9.50 Å². The second-order valence-corrected chi connectivity index (χ2v) is 5.15. The van der Waals surface area contributed by atoms with Gasteiger partial charge in [0.15, 0.2) is 0 Å². The molecule has 0 aliphatic heterocycles. The molecule has 0 amide bonds. The van der Waals surface area contributed by atoms with Gasteiger partial charge in [-0.1, -0.05) is 34.8 Å². The third kappa shape index (κ3) is 3.44. The van der Waals surface area contributed by atoms with Crippen molar-refractivity contribution in [2.75, 3.05) is 5.32 Å². The number of rotatable bonds is 3. The maximum absolute atomic E-state index is 13.5. The van der Waals surface area contributed by atoms with Crippen LogP contribution in [0.2, 0.25) is 15.1 Å². The molecule has 0 radical (unpaired) electrons. The van der Waals surface area contributed by atoms with Crippen molar-refractivity contribution in [1.82, 2.24) is 0 Å². The molecule has 0 atom stereocenters. The molecule has 19 heavy (non-hydrogen) atoms. The monoisotopic (exact) mass is 319 g/mol. The summed E-state index contributed by atoms with van der Waals surface area (Å²) < 4.78 is 13.5. The summed E-state index contributed by atoms with van der Waals surface area (Å²) in [6.07, 6.45) is 0. The van der Waals surface area contributed by atoms with Crippen LogP contribution in [0.1, 0.15) is 5.56 Å². The second kappa shape index (κ2) is 5.87. The first-order valence-corrected chi connectivity index (χ1v) is 6.46. The van der Waals surface area contributed by atoms with Gasteiger partial charge >= 0.3 is 0 Å². The number of hydrogen-bond donors (Lipinski definition) is 2. The third-order valence-corrected chi connectivity index (χ3v) is 3.25. The summed E-state index contributed by atoms with van der Waals surface area (Å²) in [6.45, 7) is 0.170. The maximum Gasteiger partial charge on any atom is 0.146 e. The summed E-state index contributed by atoms with van der Waals surface area (Å²) in [5.74, 6) is -0.516. The van der Waals surface area contributed by atoms with E-state index in [1.807, 2.05) is 0 Å². The first-order chi connectivity index (χ1) is 8.97. The van der Waals surface area contributed by atoms with E-state index in [0.717, 1.165) is 0 Å². The lowest BCUT2D eigenvalue weighted by Gasteiger charge is -2.10. The molecule has 2 aromatic rings. The zero-order chi connectivity index (χ0) is 14.0. The maximum atomic E-state index is 13.5. The molecule has 2 nitrogen and oxygen atoms in total. The lowest BCUT2D eigenvalue weighted by Crippen LogP contribution is -2.02. The van der Waals surface area contributed by atoms with Gasteiger partial charge in [0, 0.05) is 22.2 Å². The van der Waals surface area contributed by atoms with Gasteiger partial charge in [-0.2, -0.15) is 0 Å². The summed E-state index contributed by atoms with van der Waals surface area (Å²) in [5.41, 5.74) is 0.708. The predicted octanol–water partition coefficient (Wildman–Crippen LogP) is 5.10. The fourth-order valence-electron chi connectivity index (χ4n) is 1.58. The van der Waals surface area contributed by atoms with Crippen molar-refractivity contribution >= 4 is 40.5 Å². The lowest BCUT2D eigenvalue weighted by atomic mass is 10.2. The van der Waals surface area contributed by atoms with Gasteiger partial charge in [-0.15, -0.1) is 0 Å². The van der Waals surface area contributed by atoms with Crippen molar-refractivity contribution in [3.8, 4) is 5.75 Å². The minimum absolute atomic E-state index is 0.0824. The van der Waals surface area contributed by atoms with Crippen LogP contribution in [0, 0.1) is 5.82 Å². The van der Waals surface area contributed by atoms with Gasteiger partial charge in [0.1, 0.15) is 11.6 Å². The minimum atomic E-state index is -0.433. The Kier molecular flexibility index (Phi) is 4.40. The smallest absolute Gasteiger partial charge is 0.146 e. The molecule has 0 unspecified atom stereocenters.